The molecular formula is C14H18BrN3OS. The maximum absolute atomic E-state index is 5.24. The zero-order chi connectivity index (χ0) is 14.5. The number of halogens is 1. The first kappa shape index (κ1) is 15.6. The Labute approximate surface area is 131 Å². The van der Waals surface area contributed by atoms with Crippen LogP contribution in [0.4, 0.5) is 0 Å². The SMILES string of the molecule is COCc1nc(-c2cncc(Br)c2)sc1CNC(C)C. The monoisotopic (exact) mass is 355 g/mol. The van der Waals surface area contributed by atoms with Crippen LogP contribution in [0.2, 0.25) is 0 Å². The first-order valence-corrected chi connectivity index (χ1v) is 8.03. The number of aromatic nitrogens is 2. The molecule has 108 valence electrons. The molecule has 4 nitrogen and oxygen atoms in total. The van der Waals surface area contributed by atoms with Crippen molar-refractivity contribution >= 4 is 27.3 Å². The number of pyridine rings is 1. The lowest BCUT2D eigenvalue weighted by Gasteiger charge is -2.07. The highest BCUT2D eigenvalue weighted by molar-refractivity contribution is 9.10. The van der Waals surface area contributed by atoms with E-state index < -0.39 is 0 Å². The second kappa shape index (κ2) is 7.26. The fourth-order valence-electron chi connectivity index (χ4n) is 1.72. The second-order valence-electron chi connectivity index (χ2n) is 4.75. The normalized spacial score (nSPS) is 11.2. The Morgan fingerprint density at radius 1 is 1.40 bits per heavy atom. The molecular weight excluding hydrogens is 338 g/mol. The van der Waals surface area contributed by atoms with Gasteiger partial charge in [-0.15, -0.1) is 11.3 Å². The van der Waals surface area contributed by atoms with Crippen LogP contribution >= 0.6 is 27.3 Å². The highest BCUT2D eigenvalue weighted by atomic mass is 79.9. The number of ether oxygens (including phenoxy) is 1. The van der Waals surface area contributed by atoms with E-state index in [4.69, 9.17) is 4.74 Å². The van der Waals surface area contributed by atoms with E-state index in [1.807, 2.05) is 12.3 Å². The van der Waals surface area contributed by atoms with Crippen LogP contribution in [0, 0.1) is 0 Å². The molecule has 0 saturated heterocycles. The largest absolute Gasteiger partial charge is 0.378 e. The van der Waals surface area contributed by atoms with Crippen LogP contribution in [-0.2, 0) is 17.9 Å². The van der Waals surface area contributed by atoms with E-state index in [2.05, 4.69) is 45.1 Å². The van der Waals surface area contributed by atoms with Crippen LogP contribution in [0.1, 0.15) is 24.4 Å². The van der Waals surface area contributed by atoms with Gasteiger partial charge in [0.05, 0.1) is 12.3 Å². The van der Waals surface area contributed by atoms with Gasteiger partial charge >= 0.3 is 0 Å². The first-order valence-electron chi connectivity index (χ1n) is 6.42. The lowest BCUT2D eigenvalue weighted by atomic mass is 10.3. The molecule has 2 aromatic heterocycles. The summed E-state index contributed by atoms with van der Waals surface area (Å²) in [5.41, 5.74) is 2.03. The molecule has 0 aliphatic carbocycles. The summed E-state index contributed by atoms with van der Waals surface area (Å²) in [6.07, 6.45) is 3.61. The Bertz CT molecular complexity index is 571. The van der Waals surface area contributed by atoms with E-state index in [1.54, 1.807) is 24.6 Å². The second-order valence-corrected chi connectivity index (χ2v) is 6.75. The minimum atomic E-state index is 0.448. The van der Waals surface area contributed by atoms with E-state index in [9.17, 15) is 0 Å². The zero-order valence-electron chi connectivity index (χ0n) is 11.8. The van der Waals surface area contributed by atoms with Gasteiger partial charge in [-0.3, -0.25) is 4.98 Å². The molecule has 0 radical (unpaired) electrons. The summed E-state index contributed by atoms with van der Waals surface area (Å²) in [5.74, 6) is 0. The van der Waals surface area contributed by atoms with Crippen molar-refractivity contribution in [3.63, 3.8) is 0 Å². The molecule has 0 spiro atoms. The van der Waals surface area contributed by atoms with Crippen molar-refractivity contribution in [2.24, 2.45) is 0 Å². The summed E-state index contributed by atoms with van der Waals surface area (Å²) in [6.45, 7) is 5.62. The van der Waals surface area contributed by atoms with Crippen molar-refractivity contribution in [2.45, 2.75) is 33.0 Å². The molecule has 20 heavy (non-hydrogen) atoms. The minimum Gasteiger partial charge on any atom is -0.378 e. The third kappa shape index (κ3) is 4.09. The molecule has 0 atom stereocenters. The third-order valence-corrected chi connectivity index (χ3v) is 4.26. The van der Waals surface area contributed by atoms with Gasteiger partial charge in [0.15, 0.2) is 0 Å². The maximum atomic E-state index is 5.24. The topological polar surface area (TPSA) is 47.0 Å². The van der Waals surface area contributed by atoms with E-state index in [0.29, 0.717) is 12.6 Å². The molecule has 0 amide bonds. The van der Waals surface area contributed by atoms with Crippen LogP contribution < -0.4 is 5.32 Å². The van der Waals surface area contributed by atoms with Crippen molar-refractivity contribution in [1.82, 2.24) is 15.3 Å². The first-order chi connectivity index (χ1) is 9.60. The van der Waals surface area contributed by atoms with Crippen LogP contribution in [0.25, 0.3) is 10.6 Å². The maximum Gasteiger partial charge on any atom is 0.125 e. The number of nitrogens with zero attached hydrogens (tertiary/aromatic N) is 2. The Balaban J connectivity index is 2.28. The van der Waals surface area contributed by atoms with Gasteiger partial charge < -0.3 is 10.1 Å². The molecule has 6 heteroatoms. The molecule has 2 rings (SSSR count). The molecule has 1 N–H and O–H groups in total. The molecule has 0 fully saturated rings. The number of rotatable bonds is 6. The fourth-order valence-corrected chi connectivity index (χ4v) is 3.08. The van der Waals surface area contributed by atoms with Crippen molar-refractivity contribution in [1.29, 1.82) is 0 Å². The number of hydrogen-bond donors (Lipinski definition) is 1. The Morgan fingerprint density at radius 2 is 2.20 bits per heavy atom. The summed E-state index contributed by atoms with van der Waals surface area (Å²) < 4.78 is 6.20. The molecule has 0 bridgehead atoms. The number of hydrogen-bond acceptors (Lipinski definition) is 5. The van der Waals surface area contributed by atoms with Crippen molar-refractivity contribution in [2.75, 3.05) is 7.11 Å². The summed E-state index contributed by atoms with van der Waals surface area (Å²) in [5, 5.41) is 4.40. The Hall–Kier alpha value is -0.820. The molecule has 0 saturated carbocycles. The molecule has 0 unspecified atom stereocenters. The Kier molecular flexibility index (Phi) is 5.65. The molecule has 0 aromatic carbocycles. The van der Waals surface area contributed by atoms with Gasteiger partial charge in [0.25, 0.3) is 0 Å². The van der Waals surface area contributed by atoms with E-state index >= 15 is 0 Å². The van der Waals surface area contributed by atoms with Gasteiger partial charge in [-0.05, 0) is 22.0 Å². The molecule has 0 aliphatic rings. The van der Waals surface area contributed by atoms with Gasteiger partial charge in [0.2, 0.25) is 0 Å². The van der Waals surface area contributed by atoms with Gasteiger partial charge in [0.1, 0.15) is 5.01 Å². The van der Waals surface area contributed by atoms with Crippen LogP contribution in [0.3, 0.4) is 0 Å². The van der Waals surface area contributed by atoms with Crippen LogP contribution in [-0.4, -0.2) is 23.1 Å². The fraction of sp³-hybridized carbons (Fsp3) is 0.429. The number of nitrogens with one attached hydrogen (secondary N) is 1. The number of methoxy groups -OCH3 is 1. The highest BCUT2D eigenvalue weighted by Gasteiger charge is 2.13. The lowest BCUT2D eigenvalue weighted by Crippen LogP contribution is -2.21. The van der Waals surface area contributed by atoms with E-state index in [0.717, 1.165) is 27.3 Å². The van der Waals surface area contributed by atoms with Crippen molar-refractivity contribution in [3.8, 4) is 10.6 Å². The van der Waals surface area contributed by atoms with Gasteiger partial charge in [-0.2, -0.15) is 0 Å². The predicted octanol–water partition coefficient (Wildman–Crippen LogP) is 3.61. The van der Waals surface area contributed by atoms with Gasteiger partial charge in [-0.25, -0.2) is 4.98 Å². The zero-order valence-corrected chi connectivity index (χ0v) is 14.2. The van der Waals surface area contributed by atoms with Gasteiger partial charge in [-0.1, -0.05) is 13.8 Å². The quantitative estimate of drug-likeness (QED) is 0.859. The summed E-state index contributed by atoms with van der Waals surface area (Å²) in [6, 6.07) is 2.48. The summed E-state index contributed by atoms with van der Waals surface area (Å²) >= 11 is 5.13. The average molecular weight is 356 g/mol. The lowest BCUT2D eigenvalue weighted by molar-refractivity contribution is 0.181. The van der Waals surface area contributed by atoms with Crippen LogP contribution in [0.5, 0.6) is 0 Å². The van der Waals surface area contributed by atoms with Crippen molar-refractivity contribution in [3.05, 3.63) is 33.5 Å². The Morgan fingerprint density at radius 3 is 2.85 bits per heavy atom. The predicted molar refractivity (Wildman–Crippen MR) is 85.7 cm³/mol. The third-order valence-electron chi connectivity index (χ3n) is 2.68. The molecule has 0 aliphatic heterocycles. The van der Waals surface area contributed by atoms with Crippen LogP contribution in [0.15, 0.2) is 22.9 Å². The van der Waals surface area contributed by atoms with Gasteiger partial charge in [0, 0.05) is 47.0 Å². The van der Waals surface area contributed by atoms with Crippen molar-refractivity contribution < 1.29 is 4.74 Å². The number of thiazole rings is 1. The standard InChI is InChI=1S/C14H18BrN3OS/c1-9(2)17-7-13-12(8-19-3)18-14(20-13)10-4-11(15)6-16-5-10/h4-6,9,17H,7-8H2,1-3H3. The van der Waals surface area contributed by atoms with E-state index in [-0.39, 0.29) is 0 Å². The van der Waals surface area contributed by atoms with E-state index in [1.165, 1.54) is 4.88 Å². The minimum absolute atomic E-state index is 0.448. The highest BCUT2D eigenvalue weighted by Crippen LogP contribution is 2.29. The molecule has 2 heterocycles. The summed E-state index contributed by atoms with van der Waals surface area (Å²) in [4.78, 5) is 10.1. The summed E-state index contributed by atoms with van der Waals surface area (Å²) in [7, 11) is 1.69. The molecule has 2 aromatic rings. The average Bonchev–Trinajstić information content (AvgIpc) is 2.80. The smallest absolute Gasteiger partial charge is 0.125 e.